The molecule has 0 spiro atoms. The summed E-state index contributed by atoms with van der Waals surface area (Å²) in [4.78, 5) is 13.7. The molecule has 3 aromatic rings. The zero-order valence-corrected chi connectivity index (χ0v) is 17.8. The fourth-order valence-electron chi connectivity index (χ4n) is 4.94. The van der Waals surface area contributed by atoms with Crippen molar-refractivity contribution >= 4 is 16.7 Å². The second kappa shape index (κ2) is 8.81. The zero-order chi connectivity index (χ0) is 21.2. The molecule has 0 aromatic heterocycles. The number of fused-ring (bicyclic) bond motifs is 1. The van der Waals surface area contributed by atoms with Crippen molar-refractivity contribution in [2.24, 2.45) is 5.92 Å². The number of piperidine rings is 1. The van der Waals surface area contributed by atoms with Crippen molar-refractivity contribution in [2.75, 3.05) is 19.6 Å². The maximum Gasteiger partial charge on any atom is 0.335 e. The van der Waals surface area contributed by atoms with E-state index in [0.29, 0.717) is 17.5 Å². The number of carboxylic acids is 1. The van der Waals surface area contributed by atoms with Gasteiger partial charge in [0.15, 0.2) is 0 Å². The van der Waals surface area contributed by atoms with Gasteiger partial charge in [-0.25, -0.2) is 4.79 Å². The normalized spacial score (nSPS) is 21.9. The molecule has 2 unspecified atom stereocenters. The van der Waals surface area contributed by atoms with E-state index in [0.717, 1.165) is 42.9 Å². The van der Waals surface area contributed by atoms with Crippen molar-refractivity contribution in [1.82, 2.24) is 10.2 Å². The van der Waals surface area contributed by atoms with E-state index in [4.69, 9.17) is 5.11 Å². The first-order chi connectivity index (χ1) is 15.2. The second-order valence-electron chi connectivity index (χ2n) is 9.19. The lowest BCUT2D eigenvalue weighted by Gasteiger charge is -2.32. The van der Waals surface area contributed by atoms with Crippen LogP contribution in [0.2, 0.25) is 0 Å². The first kappa shape index (κ1) is 20.2. The van der Waals surface area contributed by atoms with Crippen LogP contribution in [-0.4, -0.2) is 41.7 Å². The van der Waals surface area contributed by atoms with Crippen LogP contribution >= 0.6 is 0 Å². The number of carbonyl (C=O) groups is 1. The zero-order valence-electron chi connectivity index (χ0n) is 17.8. The maximum absolute atomic E-state index is 11.2. The third kappa shape index (κ3) is 4.81. The Hall–Kier alpha value is -2.69. The van der Waals surface area contributed by atoms with Gasteiger partial charge in [-0.15, -0.1) is 0 Å². The molecular formula is C27H30N2O2. The Balaban J connectivity index is 1.09. The molecule has 3 aromatic carbocycles. The predicted molar refractivity (Wildman–Crippen MR) is 124 cm³/mol. The van der Waals surface area contributed by atoms with Crippen LogP contribution < -0.4 is 5.32 Å². The Bertz CT molecular complexity index is 1060. The SMILES string of the molecule is O=C(O)c1ccc2cc(CN3CCC(CNC4CC4c4ccccc4)CC3)ccc2c1. The average molecular weight is 415 g/mol. The van der Waals surface area contributed by atoms with Gasteiger partial charge in [0.05, 0.1) is 5.56 Å². The van der Waals surface area contributed by atoms with Gasteiger partial charge in [0.25, 0.3) is 0 Å². The molecule has 0 amide bonds. The molecule has 1 saturated heterocycles. The Morgan fingerprint density at radius 3 is 2.48 bits per heavy atom. The highest BCUT2D eigenvalue weighted by Crippen LogP contribution is 2.40. The molecule has 1 saturated carbocycles. The van der Waals surface area contributed by atoms with Gasteiger partial charge in [0, 0.05) is 18.5 Å². The predicted octanol–water partition coefficient (Wildman–Crippen LogP) is 4.90. The standard InChI is InChI=1S/C27H30N2O2/c30-27(31)24-9-8-22-14-20(6-7-23(22)15-24)18-29-12-10-19(11-13-29)17-28-26-16-25(26)21-4-2-1-3-5-21/h1-9,14-15,19,25-26,28H,10-13,16-18H2,(H,30,31). The van der Waals surface area contributed by atoms with E-state index in [9.17, 15) is 4.79 Å². The van der Waals surface area contributed by atoms with E-state index in [-0.39, 0.29) is 0 Å². The maximum atomic E-state index is 11.2. The van der Waals surface area contributed by atoms with Crippen molar-refractivity contribution in [1.29, 1.82) is 0 Å². The highest BCUT2D eigenvalue weighted by atomic mass is 16.4. The average Bonchev–Trinajstić information content (AvgIpc) is 3.58. The highest BCUT2D eigenvalue weighted by Gasteiger charge is 2.38. The smallest absolute Gasteiger partial charge is 0.335 e. The Morgan fingerprint density at radius 1 is 0.968 bits per heavy atom. The minimum absolute atomic E-state index is 0.345. The van der Waals surface area contributed by atoms with Crippen LogP contribution in [0.25, 0.3) is 10.8 Å². The molecule has 0 bridgehead atoms. The minimum Gasteiger partial charge on any atom is -0.478 e. The molecule has 5 rings (SSSR count). The second-order valence-corrected chi connectivity index (χ2v) is 9.19. The molecule has 2 aliphatic rings. The van der Waals surface area contributed by atoms with Gasteiger partial charge < -0.3 is 10.4 Å². The number of benzene rings is 3. The van der Waals surface area contributed by atoms with Crippen LogP contribution in [0.3, 0.4) is 0 Å². The van der Waals surface area contributed by atoms with E-state index in [1.807, 2.05) is 12.1 Å². The van der Waals surface area contributed by atoms with Crippen LogP contribution in [0.4, 0.5) is 0 Å². The number of rotatable bonds is 7. The summed E-state index contributed by atoms with van der Waals surface area (Å²) < 4.78 is 0. The van der Waals surface area contributed by atoms with Crippen LogP contribution in [0.5, 0.6) is 0 Å². The molecule has 2 atom stereocenters. The van der Waals surface area contributed by atoms with Gasteiger partial charge in [-0.3, -0.25) is 4.90 Å². The van der Waals surface area contributed by atoms with Crippen LogP contribution in [0.15, 0.2) is 66.7 Å². The fraction of sp³-hybridized carbons (Fsp3) is 0.370. The highest BCUT2D eigenvalue weighted by molar-refractivity contribution is 5.94. The first-order valence-electron chi connectivity index (χ1n) is 11.4. The van der Waals surface area contributed by atoms with E-state index in [2.05, 4.69) is 52.7 Å². The molecule has 4 heteroatoms. The molecule has 1 aliphatic carbocycles. The van der Waals surface area contributed by atoms with Gasteiger partial charge in [-0.1, -0.05) is 48.5 Å². The topological polar surface area (TPSA) is 52.6 Å². The van der Waals surface area contributed by atoms with Crippen molar-refractivity contribution < 1.29 is 9.90 Å². The number of nitrogens with zero attached hydrogens (tertiary/aromatic N) is 1. The number of likely N-dealkylation sites (tertiary alicyclic amines) is 1. The van der Waals surface area contributed by atoms with Crippen molar-refractivity contribution in [3.63, 3.8) is 0 Å². The van der Waals surface area contributed by atoms with Crippen molar-refractivity contribution in [3.05, 3.63) is 83.4 Å². The summed E-state index contributed by atoms with van der Waals surface area (Å²) in [6.45, 7) is 4.41. The molecule has 2 N–H and O–H groups in total. The van der Waals surface area contributed by atoms with Gasteiger partial charge in [-0.2, -0.15) is 0 Å². The summed E-state index contributed by atoms with van der Waals surface area (Å²) in [5.74, 6) is 0.612. The lowest BCUT2D eigenvalue weighted by atomic mass is 9.96. The van der Waals surface area contributed by atoms with Gasteiger partial charge >= 0.3 is 5.97 Å². The number of hydrogen-bond donors (Lipinski definition) is 2. The molecule has 160 valence electrons. The summed E-state index contributed by atoms with van der Waals surface area (Å²) in [6, 6.07) is 23.3. The van der Waals surface area contributed by atoms with Gasteiger partial charge in [-0.05, 0) is 84.9 Å². The largest absolute Gasteiger partial charge is 0.478 e. The Labute approximate surface area is 183 Å². The summed E-state index contributed by atoms with van der Waals surface area (Å²) >= 11 is 0. The molecule has 1 aliphatic heterocycles. The molecule has 4 nitrogen and oxygen atoms in total. The fourth-order valence-corrected chi connectivity index (χ4v) is 4.94. The lowest BCUT2D eigenvalue weighted by Crippen LogP contribution is -2.37. The summed E-state index contributed by atoms with van der Waals surface area (Å²) in [5.41, 5.74) is 3.12. The molecule has 1 heterocycles. The van der Waals surface area contributed by atoms with Crippen molar-refractivity contribution in [2.45, 2.75) is 37.8 Å². The van der Waals surface area contributed by atoms with Crippen molar-refractivity contribution in [3.8, 4) is 0 Å². The third-order valence-electron chi connectivity index (χ3n) is 6.95. The monoisotopic (exact) mass is 414 g/mol. The number of nitrogens with one attached hydrogen (secondary N) is 1. The molecule has 31 heavy (non-hydrogen) atoms. The molecule has 0 radical (unpaired) electrons. The lowest BCUT2D eigenvalue weighted by molar-refractivity contribution is 0.0697. The number of aromatic carboxylic acids is 1. The summed E-state index contributed by atoms with van der Waals surface area (Å²) in [5, 5.41) is 15.1. The Kier molecular flexibility index (Phi) is 5.75. The molecular weight excluding hydrogens is 384 g/mol. The van der Waals surface area contributed by atoms with E-state index < -0.39 is 5.97 Å². The van der Waals surface area contributed by atoms with Crippen LogP contribution in [0.1, 0.15) is 46.7 Å². The van der Waals surface area contributed by atoms with Gasteiger partial charge in [0.2, 0.25) is 0 Å². The minimum atomic E-state index is -0.874. The number of carboxylic acid groups (broad SMARTS) is 1. The summed E-state index contributed by atoms with van der Waals surface area (Å²) in [6.07, 6.45) is 3.79. The van der Waals surface area contributed by atoms with E-state index >= 15 is 0 Å². The first-order valence-corrected chi connectivity index (χ1v) is 11.4. The summed E-state index contributed by atoms with van der Waals surface area (Å²) in [7, 11) is 0. The van der Waals surface area contributed by atoms with Crippen LogP contribution in [-0.2, 0) is 6.54 Å². The van der Waals surface area contributed by atoms with Crippen LogP contribution in [0, 0.1) is 5.92 Å². The van der Waals surface area contributed by atoms with Gasteiger partial charge in [0.1, 0.15) is 0 Å². The van der Waals surface area contributed by atoms with E-state index in [1.165, 1.54) is 30.4 Å². The molecule has 2 fully saturated rings. The number of hydrogen-bond acceptors (Lipinski definition) is 3. The van der Waals surface area contributed by atoms with E-state index in [1.54, 1.807) is 12.1 Å². The Morgan fingerprint density at radius 2 is 1.71 bits per heavy atom. The quantitative estimate of drug-likeness (QED) is 0.578. The third-order valence-corrected chi connectivity index (χ3v) is 6.95.